The number of Topliss-reactive ketones (excluding diaryl/α,β-unsaturated/α-hetero) is 1. The number of benzene rings is 3. The fourth-order valence-corrected chi connectivity index (χ4v) is 2.84. The normalized spacial score (nSPS) is 12.0. The zero-order chi connectivity index (χ0) is 20.6. The van der Waals surface area contributed by atoms with E-state index in [0.29, 0.717) is 29.3 Å². The maximum atomic E-state index is 13.4. The van der Waals surface area contributed by atoms with Crippen LogP contribution in [0.15, 0.2) is 89.6 Å². The van der Waals surface area contributed by atoms with Gasteiger partial charge in [0.05, 0.1) is 12.3 Å². The number of rotatable bonds is 7. The number of allylic oxidation sites excluding steroid dienone is 1. The molecule has 0 aromatic heterocycles. The predicted molar refractivity (Wildman–Crippen MR) is 120 cm³/mol. The van der Waals surface area contributed by atoms with E-state index >= 15 is 0 Å². The van der Waals surface area contributed by atoms with E-state index in [9.17, 15) is 4.79 Å². The molecule has 0 atom stereocenters. The molecule has 0 heterocycles. The highest BCUT2D eigenvalue weighted by molar-refractivity contribution is 6.51. The smallest absolute Gasteiger partial charge is 0.215 e. The van der Waals surface area contributed by atoms with Crippen molar-refractivity contribution < 1.29 is 9.53 Å². The molecule has 0 aliphatic heterocycles. The highest BCUT2D eigenvalue weighted by Gasteiger charge is 2.20. The molecular formula is C26H25NO2. The number of hydrogen-bond acceptors (Lipinski definition) is 3. The molecule has 3 aromatic rings. The van der Waals surface area contributed by atoms with Crippen molar-refractivity contribution in [2.24, 2.45) is 4.99 Å². The molecule has 0 amide bonds. The monoisotopic (exact) mass is 383 g/mol. The lowest BCUT2D eigenvalue weighted by atomic mass is 10.0. The summed E-state index contributed by atoms with van der Waals surface area (Å²) in [6.07, 6.45) is 1.87. The van der Waals surface area contributed by atoms with E-state index in [1.165, 1.54) is 5.56 Å². The molecule has 3 aromatic carbocycles. The molecule has 0 aliphatic carbocycles. The maximum absolute atomic E-state index is 13.4. The Labute approximate surface area is 172 Å². The number of ketones is 1. The largest absolute Gasteiger partial charge is 0.491 e. The molecule has 0 N–H and O–H groups in total. The van der Waals surface area contributed by atoms with Crippen LogP contribution in [0.3, 0.4) is 0 Å². The van der Waals surface area contributed by atoms with Crippen LogP contribution >= 0.6 is 0 Å². The molecule has 3 heteroatoms. The van der Waals surface area contributed by atoms with Gasteiger partial charge in [0.25, 0.3) is 0 Å². The maximum Gasteiger partial charge on any atom is 0.215 e. The first-order valence-electron chi connectivity index (χ1n) is 9.73. The topological polar surface area (TPSA) is 38.7 Å². The predicted octanol–water partition coefficient (Wildman–Crippen LogP) is 6.34. The van der Waals surface area contributed by atoms with Gasteiger partial charge in [-0.25, -0.2) is 4.99 Å². The number of aryl methyl sites for hydroxylation is 2. The van der Waals surface area contributed by atoms with Gasteiger partial charge in [-0.05, 0) is 44.5 Å². The van der Waals surface area contributed by atoms with Crippen LogP contribution in [0, 0.1) is 13.8 Å². The Bertz CT molecular complexity index is 1010. The van der Waals surface area contributed by atoms with Crippen molar-refractivity contribution in [1.29, 1.82) is 0 Å². The van der Waals surface area contributed by atoms with Crippen LogP contribution in [0.25, 0.3) is 6.08 Å². The van der Waals surface area contributed by atoms with Crippen LogP contribution in [-0.2, 0) is 4.74 Å². The van der Waals surface area contributed by atoms with Gasteiger partial charge in [0.15, 0.2) is 5.71 Å². The number of ether oxygens (including phenoxy) is 1. The van der Waals surface area contributed by atoms with Crippen molar-refractivity contribution in [1.82, 2.24) is 0 Å². The molecular weight excluding hydrogens is 358 g/mol. The minimum Gasteiger partial charge on any atom is -0.491 e. The first-order valence-corrected chi connectivity index (χ1v) is 9.73. The number of hydrogen-bond donors (Lipinski definition) is 0. The Hall–Kier alpha value is -3.46. The number of aliphatic imine (C=N–C) groups is 1. The molecule has 0 aliphatic rings. The Morgan fingerprint density at radius 3 is 2.03 bits per heavy atom. The van der Waals surface area contributed by atoms with E-state index in [0.717, 1.165) is 11.1 Å². The molecule has 0 saturated heterocycles. The lowest BCUT2D eigenvalue weighted by Gasteiger charge is -2.12. The molecule has 146 valence electrons. The van der Waals surface area contributed by atoms with Gasteiger partial charge in [-0.2, -0.15) is 0 Å². The van der Waals surface area contributed by atoms with Gasteiger partial charge in [0.1, 0.15) is 5.76 Å². The van der Waals surface area contributed by atoms with Crippen LogP contribution in [0.4, 0.5) is 5.69 Å². The van der Waals surface area contributed by atoms with Crippen molar-refractivity contribution in [3.8, 4) is 0 Å². The first-order chi connectivity index (χ1) is 14.1. The van der Waals surface area contributed by atoms with Gasteiger partial charge in [-0.15, -0.1) is 0 Å². The van der Waals surface area contributed by atoms with Gasteiger partial charge < -0.3 is 4.74 Å². The zero-order valence-corrected chi connectivity index (χ0v) is 17.1. The average Bonchev–Trinajstić information content (AvgIpc) is 2.74. The molecule has 3 rings (SSSR count). The summed E-state index contributed by atoms with van der Waals surface area (Å²) in [5.74, 6) is 0.298. The van der Waals surface area contributed by atoms with Crippen molar-refractivity contribution in [2.45, 2.75) is 20.8 Å². The molecule has 0 unspecified atom stereocenters. The average molecular weight is 383 g/mol. The van der Waals surface area contributed by atoms with Gasteiger partial charge in [-0.1, -0.05) is 77.9 Å². The third-order valence-electron chi connectivity index (χ3n) is 4.43. The molecule has 0 saturated carbocycles. The molecule has 0 fully saturated rings. The summed E-state index contributed by atoms with van der Waals surface area (Å²) < 4.78 is 5.89. The van der Waals surface area contributed by atoms with Crippen molar-refractivity contribution >= 4 is 23.3 Å². The van der Waals surface area contributed by atoms with Crippen molar-refractivity contribution in [3.05, 3.63) is 107 Å². The Morgan fingerprint density at radius 2 is 1.45 bits per heavy atom. The highest BCUT2D eigenvalue weighted by atomic mass is 16.5. The lowest BCUT2D eigenvalue weighted by Crippen LogP contribution is -2.19. The van der Waals surface area contributed by atoms with Crippen LogP contribution < -0.4 is 0 Å². The van der Waals surface area contributed by atoms with Gasteiger partial charge in [0.2, 0.25) is 5.78 Å². The minimum atomic E-state index is -0.166. The van der Waals surface area contributed by atoms with Crippen LogP contribution in [0.1, 0.15) is 34.0 Å². The lowest BCUT2D eigenvalue weighted by molar-refractivity contribution is 0.106. The number of carbonyl (C=O) groups excluding carboxylic acids is 1. The van der Waals surface area contributed by atoms with Gasteiger partial charge in [0, 0.05) is 5.56 Å². The Morgan fingerprint density at radius 1 is 0.862 bits per heavy atom. The molecule has 0 radical (unpaired) electrons. The second-order valence-corrected chi connectivity index (χ2v) is 6.84. The standard InChI is InChI=1S/C26H25NO2/c1-4-29-24(18-21-14-10-19(2)11-15-21)25(27-23-8-6-5-7-9-23)26(28)22-16-12-20(3)13-17-22/h5-18H,4H2,1-3H3/b24-18-,27-25?. The summed E-state index contributed by atoms with van der Waals surface area (Å²) >= 11 is 0. The third-order valence-corrected chi connectivity index (χ3v) is 4.43. The SMILES string of the molecule is CCO/C(=C\c1ccc(C)cc1)C(=Nc1ccccc1)C(=O)c1ccc(C)cc1. The summed E-state index contributed by atoms with van der Waals surface area (Å²) in [5.41, 5.74) is 4.81. The van der Waals surface area contributed by atoms with E-state index in [2.05, 4.69) is 4.99 Å². The van der Waals surface area contributed by atoms with E-state index in [1.807, 2.05) is 106 Å². The molecule has 3 nitrogen and oxygen atoms in total. The first kappa shape index (κ1) is 20.3. The summed E-state index contributed by atoms with van der Waals surface area (Å²) in [6.45, 7) is 6.38. The molecule has 0 spiro atoms. The summed E-state index contributed by atoms with van der Waals surface area (Å²) in [4.78, 5) is 18.0. The second-order valence-electron chi connectivity index (χ2n) is 6.84. The van der Waals surface area contributed by atoms with Crippen LogP contribution in [-0.4, -0.2) is 18.1 Å². The summed E-state index contributed by atoms with van der Waals surface area (Å²) in [5, 5.41) is 0. The fraction of sp³-hybridized carbons (Fsp3) is 0.154. The summed E-state index contributed by atoms with van der Waals surface area (Å²) in [7, 11) is 0. The van der Waals surface area contributed by atoms with Crippen LogP contribution in [0.2, 0.25) is 0 Å². The molecule has 29 heavy (non-hydrogen) atoms. The van der Waals surface area contributed by atoms with E-state index in [4.69, 9.17) is 4.74 Å². The third kappa shape index (κ3) is 5.52. The van der Waals surface area contributed by atoms with Gasteiger partial charge in [-0.3, -0.25) is 4.79 Å². The molecule has 0 bridgehead atoms. The quantitative estimate of drug-likeness (QED) is 0.271. The van der Waals surface area contributed by atoms with Crippen molar-refractivity contribution in [2.75, 3.05) is 6.61 Å². The van der Waals surface area contributed by atoms with E-state index < -0.39 is 0 Å². The number of nitrogens with zero attached hydrogens (tertiary/aromatic N) is 1. The Balaban J connectivity index is 2.10. The minimum absolute atomic E-state index is 0.166. The summed E-state index contributed by atoms with van der Waals surface area (Å²) in [6, 6.07) is 25.1. The fourth-order valence-electron chi connectivity index (χ4n) is 2.84. The Kier molecular flexibility index (Phi) is 6.75. The number of carbonyl (C=O) groups is 1. The van der Waals surface area contributed by atoms with Crippen molar-refractivity contribution in [3.63, 3.8) is 0 Å². The van der Waals surface area contributed by atoms with E-state index in [1.54, 1.807) is 0 Å². The second kappa shape index (κ2) is 9.65. The highest BCUT2D eigenvalue weighted by Crippen LogP contribution is 2.19. The van der Waals surface area contributed by atoms with Crippen LogP contribution in [0.5, 0.6) is 0 Å². The zero-order valence-electron chi connectivity index (χ0n) is 17.1. The number of para-hydroxylation sites is 1. The van der Waals surface area contributed by atoms with E-state index in [-0.39, 0.29) is 5.78 Å². The van der Waals surface area contributed by atoms with Gasteiger partial charge >= 0.3 is 0 Å².